The second-order valence-electron chi connectivity index (χ2n) is 4.40. The van der Waals surface area contributed by atoms with Gasteiger partial charge < -0.3 is 5.32 Å². The van der Waals surface area contributed by atoms with Crippen LogP contribution in [0.5, 0.6) is 0 Å². The first-order chi connectivity index (χ1) is 6.97. The molecular formula is C12H24N2O. The maximum Gasteiger partial charge on any atom is 0.247 e. The van der Waals surface area contributed by atoms with Crippen molar-refractivity contribution >= 4 is 5.91 Å². The third-order valence-electron chi connectivity index (χ3n) is 2.04. The van der Waals surface area contributed by atoms with Crippen molar-refractivity contribution < 1.29 is 4.79 Å². The van der Waals surface area contributed by atoms with Gasteiger partial charge in [-0.2, -0.15) is 0 Å². The second kappa shape index (κ2) is 7.46. The first kappa shape index (κ1) is 14.2. The summed E-state index contributed by atoms with van der Waals surface area (Å²) in [5.41, 5.74) is 0.558. The van der Waals surface area contributed by atoms with Crippen LogP contribution in [0.25, 0.3) is 0 Å². The molecule has 1 amide bonds. The number of carbonyl (C=O) groups is 1. The molecule has 0 heterocycles. The number of nitrogens with one attached hydrogen (secondary N) is 2. The van der Waals surface area contributed by atoms with Gasteiger partial charge in [0.15, 0.2) is 0 Å². The van der Waals surface area contributed by atoms with Gasteiger partial charge in [0.1, 0.15) is 0 Å². The lowest BCUT2D eigenvalue weighted by Gasteiger charge is -2.21. The van der Waals surface area contributed by atoms with Crippen LogP contribution in [0.4, 0.5) is 0 Å². The highest BCUT2D eigenvalue weighted by molar-refractivity contribution is 5.92. The highest BCUT2D eigenvalue weighted by Crippen LogP contribution is 1.97. The molecule has 0 aromatic rings. The average molecular weight is 212 g/mol. The van der Waals surface area contributed by atoms with Crippen LogP contribution < -0.4 is 10.6 Å². The van der Waals surface area contributed by atoms with E-state index in [1.54, 1.807) is 6.92 Å². The largest absolute Gasteiger partial charge is 0.337 e. The molecule has 3 nitrogen and oxygen atoms in total. The van der Waals surface area contributed by atoms with Crippen LogP contribution in [-0.2, 0) is 4.79 Å². The third kappa shape index (κ3) is 7.14. The van der Waals surface area contributed by atoms with Gasteiger partial charge in [-0.05, 0) is 25.8 Å². The molecule has 1 atom stereocenters. The van der Waals surface area contributed by atoms with E-state index in [0.717, 1.165) is 19.4 Å². The van der Waals surface area contributed by atoms with Gasteiger partial charge in [-0.1, -0.05) is 33.8 Å². The van der Waals surface area contributed by atoms with Crippen LogP contribution in [0, 0.1) is 5.92 Å². The van der Waals surface area contributed by atoms with Gasteiger partial charge in [0.25, 0.3) is 0 Å². The number of carbonyl (C=O) groups excluding carboxylic acids is 1. The van der Waals surface area contributed by atoms with Gasteiger partial charge in [-0.25, -0.2) is 0 Å². The van der Waals surface area contributed by atoms with Crippen molar-refractivity contribution in [3.8, 4) is 0 Å². The molecule has 0 saturated carbocycles. The van der Waals surface area contributed by atoms with Crippen LogP contribution in [0.1, 0.15) is 40.5 Å². The minimum atomic E-state index is -0.0651. The Morgan fingerprint density at radius 3 is 2.40 bits per heavy atom. The fraction of sp³-hybridized carbons (Fsp3) is 0.750. The number of rotatable bonds is 7. The van der Waals surface area contributed by atoms with E-state index in [0.29, 0.717) is 11.5 Å². The molecule has 0 radical (unpaired) electrons. The van der Waals surface area contributed by atoms with Crippen LogP contribution in [0.2, 0.25) is 0 Å². The van der Waals surface area contributed by atoms with E-state index >= 15 is 0 Å². The molecule has 1 unspecified atom stereocenters. The maximum atomic E-state index is 11.4. The summed E-state index contributed by atoms with van der Waals surface area (Å²) in [6.07, 6.45) is 2.07. The zero-order valence-electron chi connectivity index (χ0n) is 10.4. The molecule has 0 fully saturated rings. The highest BCUT2D eigenvalue weighted by atomic mass is 16.1. The molecule has 2 N–H and O–H groups in total. The van der Waals surface area contributed by atoms with E-state index < -0.39 is 0 Å². The summed E-state index contributed by atoms with van der Waals surface area (Å²) < 4.78 is 0. The Hall–Kier alpha value is -0.830. The van der Waals surface area contributed by atoms with Gasteiger partial charge in [-0.3, -0.25) is 10.1 Å². The quantitative estimate of drug-likeness (QED) is 0.501. The predicted octanol–water partition coefficient (Wildman–Crippen LogP) is 2.05. The molecule has 0 saturated heterocycles. The fourth-order valence-corrected chi connectivity index (χ4v) is 1.17. The summed E-state index contributed by atoms with van der Waals surface area (Å²) in [4.78, 5) is 11.4. The zero-order chi connectivity index (χ0) is 11.8. The Bertz CT molecular complexity index is 212. The molecule has 0 aliphatic carbocycles. The second-order valence-corrected chi connectivity index (χ2v) is 4.40. The first-order valence-electron chi connectivity index (χ1n) is 5.67. The molecule has 0 bridgehead atoms. The van der Waals surface area contributed by atoms with Crippen molar-refractivity contribution in [1.82, 2.24) is 10.6 Å². The topological polar surface area (TPSA) is 41.1 Å². The Labute approximate surface area is 93.3 Å². The SMILES string of the molecule is C=C(C)C(=O)NC(CCC)NCC(C)C. The molecular weight excluding hydrogens is 188 g/mol. The van der Waals surface area contributed by atoms with Crippen molar-refractivity contribution in [2.45, 2.75) is 46.7 Å². The van der Waals surface area contributed by atoms with Crippen molar-refractivity contribution in [2.75, 3.05) is 6.54 Å². The zero-order valence-corrected chi connectivity index (χ0v) is 10.4. The lowest BCUT2D eigenvalue weighted by atomic mass is 10.2. The fourth-order valence-electron chi connectivity index (χ4n) is 1.17. The van der Waals surface area contributed by atoms with Crippen LogP contribution in [0.15, 0.2) is 12.2 Å². The molecule has 0 aliphatic heterocycles. The van der Waals surface area contributed by atoms with E-state index in [4.69, 9.17) is 0 Å². The van der Waals surface area contributed by atoms with Gasteiger partial charge in [-0.15, -0.1) is 0 Å². The third-order valence-corrected chi connectivity index (χ3v) is 2.04. The summed E-state index contributed by atoms with van der Waals surface area (Å²) >= 11 is 0. The Morgan fingerprint density at radius 1 is 1.40 bits per heavy atom. The van der Waals surface area contributed by atoms with Crippen molar-refractivity contribution in [3.63, 3.8) is 0 Å². The van der Waals surface area contributed by atoms with E-state index in [1.165, 1.54) is 0 Å². The Balaban J connectivity index is 4.03. The Morgan fingerprint density at radius 2 is 2.00 bits per heavy atom. The monoisotopic (exact) mass is 212 g/mol. The molecule has 0 spiro atoms. The molecule has 0 aliphatic rings. The Kier molecular flexibility index (Phi) is 7.05. The number of hydrogen-bond donors (Lipinski definition) is 2. The summed E-state index contributed by atoms with van der Waals surface area (Å²) in [6, 6.07) is 0. The van der Waals surface area contributed by atoms with Crippen LogP contribution in [0.3, 0.4) is 0 Å². The normalized spacial score (nSPS) is 12.6. The van der Waals surface area contributed by atoms with E-state index in [2.05, 4.69) is 38.0 Å². The minimum Gasteiger partial charge on any atom is -0.337 e. The molecule has 15 heavy (non-hydrogen) atoms. The van der Waals surface area contributed by atoms with Crippen molar-refractivity contribution in [2.24, 2.45) is 5.92 Å². The lowest BCUT2D eigenvalue weighted by Crippen LogP contribution is -2.46. The molecule has 0 rings (SSSR count). The molecule has 88 valence electrons. The molecule has 3 heteroatoms. The highest BCUT2D eigenvalue weighted by Gasteiger charge is 2.11. The molecule has 0 aromatic heterocycles. The van der Waals surface area contributed by atoms with Crippen molar-refractivity contribution in [1.29, 1.82) is 0 Å². The predicted molar refractivity (Wildman–Crippen MR) is 64.5 cm³/mol. The lowest BCUT2D eigenvalue weighted by molar-refractivity contribution is -0.118. The number of amides is 1. The summed E-state index contributed by atoms with van der Waals surface area (Å²) in [5.74, 6) is 0.524. The van der Waals surface area contributed by atoms with Gasteiger partial charge >= 0.3 is 0 Å². The maximum absolute atomic E-state index is 11.4. The summed E-state index contributed by atoms with van der Waals surface area (Å²) in [6.45, 7) is 12.7. The van der Waals surface area contributed by atoms with Gasteiger partial charge in [0.05, 0.1) is 6.17 Å². The van der Waals surface area contributed by atoms with E-state index in [1.807, 2.05) is 0 Å². The van der Waals surface area contributed by atoms with Crippen molar-refractivity contribution in [3.05, 3.63) is 12.2 Å². The van der Waals surface area contributed by atoms with Crippen LogP contribution >= 0.6 is 0 Å². The number of hydrogen-bond acceptors (Lipinski definition) is 2. The summed E-state index contributed by atoms with van der Waals surface area (Å²) in [5, 5.41) is 6.26. The van der Waals surface area contributed by atoms with Crippen LogP contribution in [-0.4, -0.2) is 18.6 Å². The van der Waals surface area contributed by atoms with E-state index in [9.17, 15) is 4.79 Å². The van der Waals surface area contributed by atoms with E-state index in [-0.39, 0.29) is 12.1 Å². The van der Waals surface area contributed by atoms with Gasteiger partial charge in [0, 0.05) is 5.57 Å². The van der Waals surface area contributed by atoms with Gasteiger partial charge in [0.2, 0.25) is 5.91 Å². The summed E-state index contributed by atoms with van der Waals surface area (Å²) in [7, 11) is 0. The molecule has 0 aromatic carbocycles. The average Bonchev–Trinajstić information content (AvgIpc) is 2.14. The standard InChI is InChI=1S/C12H24N2O/c1-6-7-11(13-8-9(2)3)14-12(15)10(4)5/h9,11,13H,4,6-8H2,1-3,5H3,(H,14,15). The first-order valence-corrected chi connectivity index (χ1v) is 5.67. The minimum absolute atomic E-state index is 0.0651. The smallest absolute Gasteiger partial charge is 0.247 e.